The third-order valence-corrected chi connectivity index (χ3v) is 4.09. The largest absolute Gasteiger partial charge is 0.458 e. The lowest BCUT2D eigenvalue weighted by molar-refractivity contribution is -0.386. The van der Waals surface area contributed by atoms with Crippen LogP contribution in [0.4, 0.5) is 11.4 Å². The van der Waals surface area contributed by atoms with E-state index in [9.17, 15) is 29.8 Å². The molecule has 2 rings (SSSR count). The van der Waals surface area contributed by atoms with E-state index in [2.05, 4.69) is 6.58 Å². The van der Waals surface area contributed by atoms with Gasteiger partial charge in [0.1, 0.15) is 13.2 Å². The van der Waals surface area contributed by atoms with Gasteiger partial charge in [-0.2, -0.15) is 0 Å². The van der Waals surface area contributed by atoms with Gasteiger partial charge in [-0.1, -0.05) is 24.3 Å². The Balaban J connectivity index is 2.10. The average molecular weight is 415 g/mol. The number of nitrogens with two attached hydrogens (primary N) is 1. The monoisotopic (exact) mass is 415 g/mol. The van der Waals surface area contributed by atoms with Crippen molar-refractivity contribution >= 4 is 23.3 Å². The fourth-order valence-corrected chi connectivity index (χ4v) is 2.40. The minimum atomic E-state index is -2.41. The van der Waals surface area contributed by atoms with Gasteiger partial charge in [0.2, 0.25) is 5.54 Å². The molecule has 2 aromatic rings. The number of rotatable bonds is 9. The van der Waals surface area contributed by atoms with E-state index < -0.39 is 40.5 Å². The van der Waals surface area contributed by atoms with E-state index in [0.29, 0.717) is 0 Å². The smallest absolute Gasteiger partial charge is 0.342 e. The van der Waals surface area contributed by atoms with Gasteiger partial charge < -0.3 is 15.2 Å². The first-order chi connectivity index (χ1) is 14.2. The molecule has 0 atom stereocenters. The van der Waals surface area contributed by atoms with Crippen molar-refractivity contribution in [2.45, 2.75) is 18.8 Å². The minimum absolute atomic E-state index is 0.0931. The molecule has 30 heavy (non-hydrogen) atoms. The van der Waals surface area contributed by atoms with E-state index >= 15 is 0 Å². The normalized spacial score (nSPS) is 10.7. The van der Waals surface area contributed by atoms with Gasteiger partial charge >= 0.3 is 11.9 Å². The molecule has 0 aliphatic heterocycles. The van der Waals surface area contributed by atoms with Gasteiger partial charge in [0.05, 0.1) is 21.0 Å². The molecule has 0 aliphatic carbocycles. The maximum Gasteiger partial charge on any atom is 0.342 e. The summed E-state index contributed by atoms with van der Waals surface area (Å²) in [4.78, 5) is 45.5. The number of nitrogens with zero attached hydrogens (tertiary/aromatic N) is 2. The number of benzene rings is 2. The van der Waals surface area contributed by atoms with Gasteiger partial charge in [-0.3, -0.25) is 20.2 Å². The second-order valence-corrected chi connectivity index (χ2v) is 6.00. The Hall–Kier alpha value is -4.12. The number of nitro benzene ring substituents is 2. The van der Waals surface area contributed by atoms with Crippen LogP contribution in [0.5, 0.6) is 0 Å². The zero-order valence-electron chi connectivity index (χ0n) is 15.6. The van der Waals surface area contributed by atoms with Crippen molar-refractivity contribution < 1.29 is 28.9 Å². The molecule has 0 heterocycles. The number of nitro groups is 2. The Labute approximate surface area is 170 Å². The number of carbonyl (C=O) groups excluding carboxylic acids is 2. The van der Waals surface area contributed by atoms with Crippen molar-refractivity contribution in [3.8, 4) is 0 Å². The van der Waals surface area contributed by atoms with Gasteiger partial charge in [-0.15, -0.1) is 6.58 Å². The summed E-state index contributed by atoms with van der Waals surface area (Å²) in [6, 6.07) is 11.1. The maximum absolute atomic E-state index is 12.4. The molecule has 0 aromatic heterocycles. The Bertz CT molecular complexity index is 931. The van der Waals surface area contributed by atoms with Crippen molar-refractivity contribution in [3.63, 3.8) is 0 Å². The van der Waals surface area contributed by atoms with Gasteiger partial charge in [-0.05, 0) is 18.2 Å². The van der Waals surface area contributed by atoms with Crippen molar-refractivity contribution in [3.05, 3.63) is 92.5 Å². The number of hydrogen-bond acceptors (Lipinski definition) is 9. The molecular weight excluding hydrogens is 398 g/mol. The quantitative estimate of drug-likeness (QED) is 0.212. The molecule has 0 unspecified atom stereocenters. The Morgan fingerprint density at radius 2 is 1.27 bits per heavy atom. The number of carbonyl (C=O) groups is 2. The lowest BCUT2D eigenvalue weighted by Gasteiger charge is -2.21. The first kappa shape index (κ1) is 22.2. The van der Waals surface area contributed by atoms with E-state index in [1.54, 1.807) is 0 Å². The zero-order valence-corrected chi connectivity index (χ0v) is 15.6. The van der Waals surface area contributed by atoms with Crippen LogP contribution in [0.25, 0.3) is 0 Å². The SMILES string of the molecule is C=CC(N)(C(=O)OCc1ccccc1[N+](=O)[O-])C(=O)OCc1ccccc1[N+](=O)[O-]. The summed E-state index contributed by atoms with van der Waals surface area (Å²) in [5, 5.41) is 22.1. The first-order valence-corrected chi connectivity index (χ1v) is 8.42. The molecule has 11 heteroatoms. The molecule has 2 N–H and O–H groups in total. The maximum atomic E-state index is 12.4. The summed E-state index contributed by atoms with van der Waals surface area (Å²) in [6.45, 7) is 2.31. The first-order valence-electron chi connectivity index (χ1n) is 8.42. The average Bonchev–Trinajstić information content (AvgIpc) is 2.75. The Morgan fingerprint density at radius 3 is 1.60 bits per heavy atom. The van der Waals surface area contributed by atoms with Crippen LogP contribution in [0.1, 0.15) is 11.1 Å². The van der Waals surface area contributed by atoms with Crippen molar-refractivity contribution in [1.82, 2.24) is 0 Å². The standard InChI is InChI=1S/C19H17N3O8/c1-2-19(20,17(23)29-11-13-7-3-5-9-15(13)21(25)26)18(24)30-12-14-8-4-6-10-16(14)22(27)28/h2-10H,1,11-12,20H2. The van der Waals surface area contributed by atoms with Crippen LogP contribution in [0.15, 0.2) is 61.2 Å². The van der Waals surface area contributed by atoms with Crippen molar-refractivity contribution in [2.24, 2.45) is 5.73 Å². The molecule has 0 fully saturated rings. The highest BCUT2D eigenvalue weighted by Crippen LogP contribution is 2.21. The fraction of sp³-hybridized carbons (Fsp3) is 0.158. The number of hydrogen-bond donors (Lipinski definition) is 1. The summed E-state index contributed by atoms with van der Waals surface area (Å²) in [7, 11) is 0. The highest BCUT2D eigenvalue weighted by atomic mass is 16.6. The highest BCUT2D eigenvalue weighted by molar-refractivity contribution is 6.07. The summed E-state index contributed by atoms with van der Waals surface area (Å²) >= 11 is 0. The van der Waals surface area contributed by atoms with Gasteiger partial charge in [0.25, 0.3) is 11.4 Å². The predicted molar refractivity (Wildman–Crippen MR) is 103 cm³/mol. The van der Waals surface area contributed by atoms with E-state index in [4.69, 9.17) is 15.2 Å². The Morgan fingerprint density at radius 1 is 0.900 bits per heavy atom. The number of ether oxygens (including phenoxy) is 2. The molecule has 0 spiro atoms. The van der Waals surface area contributed by atoms with E-state index in [1.807, 2.05) is 0 Å². The molecule has 0 saturated carbocycles. The lowest BCUT2D eigenvalue weighted by Crippen LogP contribution is -2.54. The van der Waals surface area contributed by atoms with E-state index in [-0.39, 0.29) is 22.5 Å². The third kappa shape index (κ3) is 4.83. The van der Waals surface area contributed by atoms with Crippen molar-refractivity contribution in [1.29, 1.82) is 0 Å². The van der Waals surface area contributed by atoms with Crippen LogP contribution >= 0.6 is 0 Å². The van der Waals surface area contributed by atoms with Crippen LogP contribution in [-0.4, -0.2) is 27.3 Å². The molecule has 11 nitrogen and oxygen atoms in total. The summed E-state index contributed by atoms with van der Waals surface area (Å²) in [5.41, 5.74) is 3.00. The van der Waals surface area contributed by atoms with Gasteiger partial charge in [0, 0.05) is 12.1 Å². The summed E-state index contributed by atoms with van der Waals surface area (Å²) < 4.78 is 9.92. The van der Waals surface area contributed by atoms with Crippen LogP contribution in [0, 0.1) is 20.2 Å². The minimum Gasteiger partial charge on any atom is -0.458 e. The molecule has 156 valence electrons. The molecule has 0 saturated heterocycles. The lowest BCUT2D eigenvalue weighted by atomic mass is 10.0. The molecule has 0 aliphatic rings. The summed E-state index contributed by atoms with van der Waals surface area (Å²) in [5.74, 6) is -2.49. The second kappa shape index (κ2) is 9.39. The second-order valence-electron chi connectivity index (χ2n) is 6.00. The predicted octanol–water partition coefficient (Wildman–Crippen LogP) is 2.17. The number of para-hydroxylation sites is 2. The van der Waals surface area contributed by atoms with Gasteiger partial charge in [-0.25, -0.2) is 9.59 Å². The zero-order chi connectivity index (χ0) is 22.3. The van der Waals surface area contributed by atoms with E-state index in [0.717, 1.165) is 6.08 Å². The van der Waals surface area contributed by atoms with Crippen molar-refractivity contribution in [2.75, 3.05) is 0 Å². The van der Waals surface area contributed by atoms with E-state index in [1.165, 1.54) is 48.5 Å². The number of esters is 2. The molecule has 0 amide bonds. The topological polar surface area (TPSA) is 165 Å². The third-order valence-electron chi connectivity index (χ3n) is 4.09. The molecule has 0 bridgehead atoms. The van der Waals surface area contributed by atoms with Crippen LogP contribution in [0.3, 0.4) is 0 Å². The fourth-order valence-electron chi connectivity index (χ4n) is 2.40. The van der Waals surface area contributed by atoms with Gasteiger partial charge in [0.15, 0.2) is 0 Å². The summed E-state index contributed by atoms with van der Waals surface area (Å²) in [6.07, 6.45) is 0.802. The molecule has 0 radical (unpaired) electrons. The molecule has 2 aromatic carbocycles. The van der Waals surface area contributed by atoms with Crippen LogP contribution in [-0.2, 0) is 32.3 Å². The molecular formula is C19H17N3O8. The van der Waals surface area contributed by atoms with Crippen LogP contribution in [0.2, 0.25) is 0 Å². The Kier molecular flexibility index (Phi) is 6.94. The van der Waals surface area contributed by atoms with Crippen LogP contribution < -0.4 is 5.73 Å². The highest BCUT2D eigenvalue weighted by Gasteiger charge is 2.43.